The van der Waals surface area contributed by atoms with Crippen LogP contribution >= 0.6 is 15.9 Å². The summed E-state index contributed by atoms with van der Waals surface area (Å²) in [7, 11) is 0. The Bertz CT molecular complexity index is 501. The molecule has 0 spiro atoms. The van der Waals surface area contributed by atoms with Gasteiger partial charge in [-0.1, -0.05) is 32.9 Å². The van der Waals surface area contributed by atoms with E-state index in [0.717, 1.165) is 23.0 Å². The second-order valence-electron chi connectivity index (χ2n) is 6.39. The highest BCUT2D eigenvalue weighted by Crippen LogP contribution is 2.49. The van der Waals surface area contributed by atoms with Crippen molar-refractivity contribution in [2.75, 3.05) is 5.32 Å². The summed E-state index contributed by atoms with van der Waals surface area (Å²) >= 11 is 3.51. The quantitative estimate of drug-likeness (QED) is 0.893. The van der Waals surface area contributed by atoms with Gasteiger partial charge in [0.05, 0.1) is 0 Å². The van der Waals surface area contributed by atoms with Crippen LogP contribution in [0, 0.1) is 11.3 Å². The molecule has 0 radical (unpaired) electrons. The number of para-hydroxylation sites is 1. The normalized spacial score (nSPS) is 29.2. The van der Waals surface area contributed by atoms with E-state index < -0.39 is 5.54 Å². The lowest BCUT2D eigenvalue weighted by molar-refractivity contribution is -0.123. The molecule has 0 aromatic heterocycles. The summed E-state index contributed by atoms with van der Waals surface area (Å²) in [5.74, 6) is -0.0477. The van der Waals surface area contributed by atoms with Crippen molar-refractivity contribution in [3.8, 4) is 0 Å². The second kappa shape index (κ2) is 4.82. The maximum absolute atomic E-state index is 12.1. The number of nitrogens with two attached hydrogens (primary N) is 1. The summed E-state index contributed by atoms with van der Waals surface area (Å²) in [5, 5.41) is 3.41. The minimum absolute atomic E-state index is 0.128. The van der Waals surface area contributed by atoms with Gasteiger partial charge < -0.3 is 11.1 Å². The molecule has 0 aliphatic heterocycles. The number of amides is 1. The van der Waals surface area contributed by atoms with Crippen LogP contribution in [0.4, 0.5) is 5.69 Å². The van der Waals surface area contributed by atoms with Gasteiger partial charge in [-0.15, -0.1) is 0 Å². The lowest BCUT2D eigenvalue weighted by Gasteiger charge is -2.33. The topological polar surface area (TPSA) is 55.1 Å². The average Bonchev–Trinajstić information content (AvgIpc) is 2.53. The minimum Gasteiger partial charge on any atom is -0.370 e. The zero-order valence-corrected chi connectivity index (χ0v) is 13.3. The van der Waals surface area contributed by atoms with Gasteiger partial charge in [-0.25, -0.2) is 0 Å². The zero-order chi connectivity index (χ0) is 14.3. The van der Waals surface area contributed by atoms with Gasteiger partial charge in [0.1, 0.15) is 5.54 Å². The number of carbonyl (C=O) groups is 1. The molecule has 1 aliphatic rings. The molecule has 1 saturated carbocycles. The van der Waals surface area contributed by atoms with Crippen LogP contribution in [-0.4, -0.2) is 11.4 Å². The fourth-order valence-corrected chi connectivity index (χ4v) is 3.75. The van der Waals surface area contributed by atoms with Crippen molar-refractivity contribution < 1.29 is 4.79 Å². The van der Waals surface area contributed by atoms with Crippen LogP contribution in [0.25, 0.3) is 0 Å². The zero-order valence-electron chi connectivity index (χ0n) is 11.7. The molecular weight excluding hydrogens is 304 g/mol. The van der Waals surface area contributed by atoms with Crippen molar-refractivity contribution in [3.05, 3.63) is 28.7 Å². The summed E-state index contributed by atoms with van der Waals surface area (Å²) in [5.41, 5.74) is 6.12. The average molecular weight is 325 g/mol. The number of hydrogen-bond donors (Lipinski definition) is 2. The standard InChI is InChI=1S/C15H21BrN2O/c1-10-8-14(2,3)9-15(10,13(17)19)18-12-7-5-4-6-11(12)16/h4-7,10,18H,8-9H2,1-3H3,(H2,17,19). The molecule has 1 aliphatic carbocycles. The summed E-state index contributed by atoms with van der Waals surface area (Å²) < 4.78 is 0.951. The smallest absolute Gasteiger partial charge is 0.243 e. The number of hydrogen-bond acceptors (Lipinski definition) is 2. The summed E-state index contributed by atoms with van der Waals surface area (Å²) in [6.07, 6.45) is 1.76. The van der Waals surface area contributed by atoms with Gasteiger partial charge in [0.2, 0.25) is 5.91 Å². The predicted octanol–water partition coefficient (Wildman–Crippen LogP) is 3.54. The van der Waals surface area contributed by atoms with Crippen molar-refractivity contribution in [2.24, 2.45) is 17.1 Å². The Morgan fingerprint density at radius 1 is 1.42 bits per heavy atom. The van der Waals surface area contributed by atoms with Gasteiger partial charge in [0.15, 0.2) is 0 Å². The van der Waals surface area contributed by atoms with Gasteiger partial charge in [-0.3, -0.25) is 4.79 Å². The van der Waals surface area contributed by atoms with Crippen molar-refractivity contribution in [1.82, 2.24) is 0 Å². The number of benzene rings is 1. The first-order valence-corrected chi connectivity index (χ1v) is 7.39. The van der Waals surface area contributed by atoms with E-state index in [-0.39, 0.29) is 17.2 Å². The fraction of sp³-hybridized carbons (Fsp3) is 0.533. The third kappa shape index (κ3) is 2.64. The van der Waals surface area contributed by atoms with Crippen LogP contribution < -0.4 is 11.1 Å². The molecule has 0 heterocycles. The van der Waals surface area contributed by atoms with E-state index in [1.807, 2.05) is 24.3 Å². The molecule has 2 unspecified atom stereocenters. The molecule has 1 amide bonds. The molecule has 1 aromatic carbocycles. The fourth-order valence-electron chi connectivity index (χ4n) is 3.37. The summed E-state index contributed by atoms with van der Waals surface area (Å²) in [6, 6.07) is 7.83. The first kappa shape index (κ1) is 14.4. The maximum atomic E-state index is 12.1. The van der Waals surface area contributed by atoms with Crippen LogP contribution in [0.2, 0.25) is 0 Å². The van der Waals surface area contributed by atoms with E-state index in [0.29, 0.717) is 0 Å². The second-order valence-corrected chi connectivity index (χ2v) is 7.24. The Labute approximate surface area is 123 Å². The largest absolute Gasteiger partial charge is 0.370 e. The van der Waals surface area contributed by atoms with Crippen molar-refractivity contribution in [3.63, 3.8) is 0 Å². The van der Waals surface area contributed by atoms with Crippen molar-refractivity contribution in [2.45, 2.75) is 39.2 Å². The number of halogens is 1. The molecule has 3 N–H and O–H groups in total. The Morgan fingerprint density at radius 3 is 2.53 bits per heavy atom. The molecule has 3 nitrogen and oxygen atoms in total. The molecule has 1 fully saturated rings. The lowest BCUT2D eigenvalue weighted by Crippen LogP contribution is -2.53. The van der Waals surface area contributed by atoms with Gasteiger partial charge in [0, 0.05) is 10.2 Å². The van der Waals surface area contributed by atoms with Gasteiger partial charge in [-0.2, -0.15) is 0 Å². The van der Waals surface area contributed by atoms with Crippen LogP contribution in [-0.2, 0) is 4.79 Å². The highest BCUT2D eigenvalue weighted by atomic mass is 79.9. The SMILES string of the molecule is CC1CC(C)(C)CC1(Nc1ccccc1Br)C(N)=O. The Hall–Kier alpha value is -1.03. The summed E-state index contributed by atoms with van der Waals surface area (Å²) in [4.78, 5) is 12.1. The number of carbonyl (C=O) groups excluding carboxylic acids is 1. The molecule has 0 saturated heterocycles. The molecule has 0 bridgehead atoms. The van der Waals surface area contributed by atoms with Gasteiger partial charge >= 0.3 is 0 Å². The van der Waals surface area contributed by atoms with Crippen LogP contribution in [0.1, 0.15) is 33.6 Å². The van der Waals surface area contributed by atoms with E-state index in [1.54, 1.807) is 0 Å². The van der Waals surface area contributed by atoms with Crippen molar-refractivity contribution >= 4 is 27.5 Å². The Balaban J connectivity index is 2.37. The van der Waals surface area contributed by atoms with E-state index in [2.05, 4.69) is 42.0 Å². The highest BCUT2D eigenvalue weighted by molar-refractivity contribution is 9.10. The molecule has 2 atom stereocenters. The van der Waals surface area contributed by atoms with Crippen LogP contribution in [0.3, 0.4) is 0 Å². The third-order valence-corrected chi connectivity index (χ3v) is 4.82. The lowest BCUT2D eigenvalue weighted by atomic mass is 9.85. The first-order chi connectivity index (χ1) is 8.77. The van der Waals surface area contributed by atoms with Gasteiger partial charge in [-0.05, 0) is 52.2 Å². The Morgan fingerprint density at radius 2 is 2.05 bits per heavy atom. The number of rotatable bonds is 3. The molecule has 19 heavy (non-hydrogen) atoms. The maximum Gasteiger partial charge on any atom is 0.243 e. The van der Waals surface area contributed by atoms with E-state index in [9.17, 15) is 4.79 Å². The Kier molecular flexibility index (Phi) is 3.65. The van der Waals surface area contributed by atoms with E-state index >= 15 is 0 Å². The third-order valence-electron chi connectivity index (χ3n) is 4.13. The summed E-state index contributed by atoms with van der Waals surface area (Å²) in [6.45, 7) is 6.48. The predicted molar refractivity (Wildman–Crippen MR) is 81.9 cm³/mol. The van der Waals surface area contributed by atoms with Crippen molar-refractivity contribution in [1.29, 1.82) is 0 Å². The first-order valence-electron chi connectivity index (χ1n) is 6.59. The molecule has 4 heteroatoms. The number of primary amides is 1. The molecule has 2 rings (SSSR count). The molecular formula is C15H21BrN2O. The van der Waals surface area contributed by atoms with Crippen LogP contribution in [0.5, 0.6) is 0 Å². The monoisotopic (exact) mass is 324 g/mol. The molecule has 1 aromatic rings. The minimum atomic E-state index is -0.659. The molecule has 104 valence electrons. The van der Waals surface area contributed by atoms with Crippen LogP contribution in [0.15, 0.2) is 28.7 Å². The van der Waals surface area contributed by atoms with E-state index in [4.69, 9.17) is 5.73 Å². The number of nitrogens with one attached hydrogen (secondary N) is 1. The number of anilines is 1. The van der Waals surface area contributed by atoms with E-state index in [1.165, 1.54) is 0 Å². The van der Waals surface area contributed by atoms with Gasteiger partial charge in [0.25, 0.3) is 0 Å². The highest BCUT2D eigenvalue weighted by Gasteiger charge is 2.52.